The second-order valence-electron chi connectivity index (χ2n) is 4.10. The van der Waals surface area contributed by atoms with Gasteiger partial charge in [-0.3, -0.25) is 4.79 Å². The first-order valence-electron chi connectivity index (χ1n) is 4.28. The first-order chi connectivity index (χ1) is 6.29. The quantitative estimate of drug-likeness (QED) is 0.699. The maximum absolute atomic E-state index is 12.5. The molecule has 6 heteroatoms. The lowest BCUT2D eigenvalue weighted by atomic mass is 9.68. The lowest BCUT2D eigenvalue weighted by molar-refractivity contribution is -0.273. The van der Waals surface area contributed by atoms with E-state index in [2.05, 4.69) is 5.32 Å². The van der Waals surface area contributed by atoms with E-state index in [1.807, 2.05) is 0 Å². The van der Waals surface area contributed by atoms with Crippen LogP contribution < -0.4 is 5.32 Å². The molecule has 1 aliphatic carbocycles. The molecule has 2 saturated heterocycles. The number of carbonyl (C=O) groups is 1. The van der Waals surface area contributed by atoms with Crippen LogP contribution in [0.4, 0.5) is 13.2 Å². The standard InChI is InChI=1S/C8H10F3NO2/c1-5(13)12-6-2-7(3-6,14-4-6)8(9,10)11/h2-4H2,1H3,(H,12,13). The molecule has 80 valence electrons. The Bertz CT molecular complexity index is 281. The van der Waals surface area contributed by atoms with E-state index in [-0.39, 0.29) is 25.4 Å². The smallest absolute Gasteiger partial charge is 0.363 e. The minimum Gasteiger partial charge on any atom is -0.363 e. The molecule has 1 N–H and O–H groups in total. The fourth-order valence-electron chi connectivity index (χ4n) is 2.30. The molecule has 2 aliphatic heterocycles. The number of hydrogen-bond acceptors (Lipinski definition) is 2. The minimum atomic E-state index is -4.33. The van der Waals surface area contributed by atoms with Gasteiger partial charge in [-0.05, 0) is 0 Å². The summed E-state index contributed by atoms with van der Waals surface area (Å²) in [6.45, 7) is 1.26. The lowest BCUT2D eigenvalue weighted by Crippen LogP contribution is -2.64. The molecular weight excluding hydrogens is 199 g/mol. The summed E-state index contributed by atoms with van der Waals surface area (Å²) >= 11 is 0. The lowest BCUT2D eigenvalue weighted by Gasteiger charge is -2.45. The Morgan fingerprint density at radius 1 is 1.43 bits per heavy atom. The first kappa shape index (κ1) is 9.76. The molecule has 1 saturated carbocycles. The monoisotopic (exact) mass is 209 g/mol. The topological polar surface area (TPSA) is 38.3 Å². The van der Waals surface area contributed by atoms with Crippen LogP contribution in [0.3, 0.4) is 0 Å². The van der Waals surface area contributed by atoms with Gasteiger partial charge in [0.15, 0.2) is 5.60 Å². The highest BCUT2D eigenvalue weighted by atomic mass is 19.4. The van der Waals surface area contributed by atoms with E-state index in [0.29, 0.717) is 0 Å². The number of amides is 1. The van der Waals surface area contributed by atoms with Crippen molar-refractivity contribution in [2.75, 3.05) is 6.61 Å². The largest absolute Gasteiger partial charge is 0.417 e. The molecule has 0 aromatic heterocycles. The molecule has 3 nitrogen and oxygen atoms in total. The fraction of sp³-hybridized carbons (Fsp3) is 0.875. The summed E-state index contributed by atoms with van der Waals surface area (Å²) < 4.78 is 42.1. The number of rotatable bonds is 1. The minimum absolute atomic E-state index is 0.0356. The number of hydrogen-bond donors (Lipinski definition) is 1. The van der Waals surface area contributed by atoms with Crippen molar-refractivity contribution in [2.24, 2.45) is 0 Å². The van der Waals surface area contributed by atoms with E-state index in [0.717, 1.165) is 0 Å². The van der Waals surface area contributed by atoms with Gasteiger partial charge in [-0.25, -0.2) is 0 Å². The number of halogens is 3. The predicted octanol–water partition coefficient (Wildman–Crippen LogP) is 0.986. The number of ether oxygens (including phenoxy) is 1. The van der Waals surface area contributed by atoms with Crippen molar-refractivity contribution in [3.05, 3.63) is 0 Å². The third-order valence-corrected chi connectivity index (χ3v) is 2.83. The van der Waals surface area contributed by atoms with Gasteiger partial charge in [0.1, 0.15) is 0 Å². The molecule has 0 atom stereocenters. The van der Waals surface area contributed by atoms with Crippen LogP contribution in [0.1, 0.15) is 19.8 Å². The highest BCUT2D eigenvalue weighted by molar-refractivity contribution is 5.74. The van der Waals surface area contributed by atoms with Crippen LogP contribution in [0.25, 0.3) is 0 Å². The van der Waals surface area contributed by atoms with Gasteiger partial charge in [0.2, 0.25) is 5.91 Å². The molecule has 3 rings (SSSR count). The van der Waals surface area contributed by atoms with Crippen molar-refractivity contribution in [3.63, 3.8) is 0 Å². The van der Waals surface area contributed by atoms with E-state index in [1.165, 1.54) is 6.92 Å². The van der Waals surface area contributed by atoms with Crippen molar-refractivity contribution in [2.45, 2.75) is 37.1 Å². The van der Waals surface area contributed by atoms with Crippen molar-refractivity contribution in [3.8, 4) is 0 Å². The number of alkyl halides is 3. The zero-order chi connectivity index (χ0) is 10.6. The average Bonchev–Trinajstić information content (AvgIpc) is 2.37. The van der Waals surface area contributed by atoms with Crippen LogP contribution in [0.15, 0.2) is 0 Å². The summed E-state index contributed by atoms with van der Waals surface area (Å²) in [6.07, 6.45) is -4.63. The van der Waals surface area contributed by atoms with Crippen molar-refractivity contribution < 1.29 is 22.7 Å². The van der Waals surface area contributed by atoms with Gasteiger partial charge in [0, 0.05) is 19.8 Å². The van der Waals surface area contributed by atoms with Crippen molar-refractivity contribution >= 4 is 5.91 Å². The van der Waals surface area contributed by atoms with Crippen LogP contribution in [-0.4, -0.2) is 29.8 Å². The molecule has 14 heavy (non-hydrogen) atoms. The van der Waals surface area contributed by atoms with E-state index >= 15 is 0 Å². The normalized spacial score (nSPS) is 40.6. The second kappa shape index (κ2) is 2.42. The Labute approximate surface area is 78.6 Å². The molecule has 3 aliphatic rings. The maximum Gasteiger partial charge on any atom is 0.417 e. The van der Waals surface area contributed by atoms with Gasteiger partial charge >= 0.3 is 6.18 Å². The van der Waals surface area contributed by atoms with E-state index in [1.54, 1.807) is 0 Å². The van der Waals surface area contributed by atoms with Crippen molar-refractivity contribution in [1.82, 2.24) is 5.32 Å². The zero-order valence-corrected chi connectivity index (χ0v) is 7.57. The molecule has 2 bridgehead atoms. The first-order valence-corrected chi connectivity index (χ1v) is 4.28. The van der Waals surface area contributed by atoms with Gasteiger partial charge in [0.25, 0.3) is 0 Å². The SMILES string of the molecule is CC(=O)NC12COC(C(F)(F)F)(C1)C2. The predicted molar refractivity (Wildman–Crippen MR) is 40.5 cm³/mol. The van der Waals surface area contributed by atoms with Crippen LogP contribution >= 0.6 is 0 Å². The second-order valence-corrected chi connectivity index (χ2v) is 4.10. The summed E-state index contributed by atoms with van der Waals surface area (Å²) in [6, 6.07) is 0. The number of nitrogens with one attached hydrogen (secondary N) is 1. The van der Waals surface area contributed by atoms with Crippen molar-refractivity contribution in [1.29, 1.82) is 0 Å². The Morgan fingerprint density at radius 2 is 2.00 bits per heavy atom. The van der Waals surface area contributed by atoms with Gasteiger partial charge in [0.05, 0.1) is 12.1 Å². The van der Waals surface area contributed by atoms with Gasteiger partial charge in [-0.1, -0.05) is 0 Å². The van der Waals surface area contributed by atoms with Crippen LogP contribution in [0, 0.1) is 0 Å². The summed E-state index contributed by atoms with van der Waals surface area (Å²) in [5.74, 6) is -0.314. The molecule has 3 fully saturated rings. The van der Waals surface area contributed by atoms with E-state index in [9.17, 15) is 18.0 Å². The molecule has 0 aromatic carbocycles. The molecule has 1 amide bonds. The summed E-state index contributed by atoms with van der Waals surface area (Å²) in [7, 11) is 0. The molecular formula is C8H10F3NO2. The average molecular weight is 209 g/mol. The van der Waals surface area contributed by atoms with Gasteiger partial charge in [-0.2, -0.15) is 13.2 Å². The highest BCUT2D eigenvalue weighted by Crippen LogP contribution is 2.58. The van der Waals surface area contributed by atoms with Crippen LogP contribution in [0.2, 0.25) is 0 Å². The summed E-state index contributed by atoms with van der Waals surface area (Å²) in [5.41, 5.74) is -2.75. The van der Waals surface area contributed by atoms with Gasteiger partial charge < -0.3 is 10.1 Å². The molecule has 0 radical (unpaired) electrons. The zero-order valence-electron chi connectivity index (χ0n) is 7.57. The molecule has 0 aromatic rings. The van der Waals surface area contributed by atoms with E-state index < -0.39 is 17.3 Å². The summed E-state index contributed by atoms with van der Waals surface area (Å²) in [5, 5.41) is 2.52. The Kier molecular flexibility index (Phi) is 1.69. The maximum atomic E-state index is 12.5. The molecule has 0 unspecified atom stereocenters. The Balaban J connectivity index is 2.08. The number of carbonyl (C=O) groups excluding carboxylic acids is 1. The van der Waals surface area contributed by atoms with E-state index in [4.69, 9.17) is 4.74 Å². The fourth-order valence-corrected chi connectivity index (χ4v) is 2.30. The third-order valence-electron chi connectivity index (χ3n) is 2.83. The van der Waals surface area contributed by atoms with Crippen LogP contribution in [0.5, 0.6) is 0 Å². The van der Waals surface area contributed by atoms with Crippen LogP contribution in [-0.2, 0) is 9.53 Å². The molecule has 0 spiro atoms. The Hall–Kier alpha value is -0.780. The Morgan fingerprint density at radius 3 is 2.36 bits per heavy atom. The van der Waals surface area contributed by atoms with Gasteiger partial charge in [-0.15, -0.1) is 0 Å². The number of fused-ring (bicyclic) bond motifs is 1. The molecule has 2 heterocycles. The highest BCUT2D eigenvalue weighted by Gasteiger charge is 2.74. The third kappa shape index (κ3) is 1.13. The summed E-state index contributed by atoms with van der Waals surface area (Å²) in [4.78, 5) is 10.7.